The Morgan fingerprint density at radius 1 is 1.27 bits per heavy atom. The number of fused-ring (bicyclic) bond motifs is 1. The highest BCUT2D eigenvalue weighted by Crippen LogP contribution is 2.56. The van der Waals surface area contributed by atoms with Gasteiger partial charge in [0.15, 0.2) is 0 Å². The smallest absolute Gasteiger partial charge is 0.0778 e. The van der Waals surface area contributed by atoms with Crippen molar-refractivity contribution in [1.82, 2.24) is 0 Å². The Kier molecular flexibility index (Phi) is 4.38. The van der Waals surface area contributed by atoms with Gasteiger partial charge in [0.2, 0.25) is 0 Å². The molecule has 0 aromatic carbocycles. The molecule has 2 saturated carbocycles. The number of allylic oxidation sites excluding steroid dienone is 1. The molecule has 122 valence electrons. The van der Waals surface area contributed by atoms with Crippen molar-refractivity contribution in [1.29, 1.82) is 0 Å². The van der Waals surface area contributed by atoms with E-state index in [1.165, 1.54) is 37.7 Å². The Morgan fingerprint density at radius 3 is 2.82 bits per heavy atom. The van der Waals surface area contributed by atoms with E-state index in [2.05, 4.69) is 25.7 Å². The average molecular weight is 302 g/mol. The van der Waals surface area contributed by atoms with E-state index in [1.807, 2.05) is 6.92 Å². The summed E-state index contributed by atoms with van der Waals surface area (Å²) in [7, 11) is 0. The normalized spacial score (nSPS) is 42.1. The second-order valence-corrected chi connectivity index (χ2v) is 8.02. The zero-order valence-corrected chi connectivity index (χ0v) is 14.2. The molecule has 3 rings (SSSR count). The minimum atomic E-state index is -0.495. The van der Waals surface area contributed by atoms with E-state index in [9.17, 15) is 10.2 Å². The molecule has 0 aromatic heterocycles. The van der Waals surface area contributed by atoms with Gasteiger partial charge in [-0.2, -0.15) is 0 Å². The third kappa shape index (κ3) is 2.73. The number of aliphatic hydroxyl groups excluding tert-OH is 2. The Morgan fingerprint density at radius 2 is 2.05 bits per heavy atom. The standard InChI is InChI=1S/C20H30O2/c1-13-6-9-18-15(5-4-10-20(13,18)3)7-8-16-11-17(21)12-19(22)14(16)2/h8,13,17-19,21-22H,4-6,9-12H2,1-3H3/t7?,13-,17?,18?,19?,20+/m0/s1. The van der Waals surface area contributed by atoms with Gasteiger partial charge in [0, 0.05) is 6.42 Å². The van der Waals surface area contributed by atoms with Crippen molar-refractivity contribution in [2.24, 2.45) is 17.3 Å². The van der Waals surface area contributed by atoms with Crippen molar-refractivity contribution in [2.45, 2.75) is 77.9 Å². The molecule has 0 spiro atoms. The lowest BCUT2D eigenvalue weighted by atomic mass is 9.64. The van der Waals surface area contributed by atoms with Crippen molar-refractivity contribution in [3.63, 3.8) is 0 Å². The van der Waals surface area contributed by atoms with Crippen LogP contribution in [0.25, 0.3) is 0 Å². The van der Waals surface area contributed by atoms with Gasteiger partial charge >= 0.3 is 0 Å². The first-order valence-electron chi connectivity index (χ1n) is 8.93. The summed E-state index contributed by atoms with van der Waals surface area (Å²) in [5, 5.41) is 19.9. The number of hydrogen-bond acceptors (Lipinski definition) is 2. The molecule has 3 aliphatic rings. The van der Waals surface area contributed by atoms with E-state index in [1.54, 1.807) is 0 Å². The van der Waals surface area contributed by atoms with Gasteiger partial charge in [-0.3, -0.25) is 0 Å². The van der Waals surface area contributed by atoms with Crippen LogP contribution in [0.2, 0.25) is 0 Å². The maximum atomic E-state index is 10.0. The van der Waals surface area contributed by atoms with E-state index < -0.39 is 12.2 Å². The van der Waals surface area contributed by atoms with Crippen molar-refractivity contribution in [3.8, 4) is 0 Å². The molecule has 0 radical (unpaired) electrons. The summed E-state index contributed by atoms with van der Waals surface area (Å²) in [5.41, 5.74) is 7.62. The van der Waals surface area contributed by atoms with E-state index >= 15 is 0 Å². The molecule has 0 saturated heterocycles. The van der Waals surface area contributed by atoms with Crippen molar-refractivity contribution in [3.05, 3.63) is 28.5 Å². The number of rotatable bonds is 1. The van der Waals surface area contributed by atoms with E-state index in [-0.39, 0.29) is 0 Å². The topological polar surface area (TPSA) is 40.5 Å². The maximum absolute atomic E-state index is 10.0. The van der Waals surface area contributed by atoms with Crippen LogP contribution in [0.4, 0.5) is 0 Å². The highest BCUT2D eigenvalue weighted by Gasteiger charge is 2.47. The molecular formula is C20H30O2. The number of aliphatic hydroxyl groups is 2. The predicted octanol–water partition coefficient (Wildman–Crippen LogP) is 4.14. The van der Waals surface area contributed by atoms with Crippen LogP contribution in [0, 0.1) is 17.3 Å². The van der Waals surface area contributed by atoms with Gasteiger partial charge in [0.05, 0.1) is 12.2 Å². The van der Waals surface area contributed by atoms with Crippen molar-refractivity contribution < 1.29 is 10.2 Å². The van der Waals surface area contributed by atoms with Crippen molar-refractivity contribution >= 4 is 0 Å². The molecule has 2 N–H and O–H groups in total. The van der Waals surface area contributed by atoms with Crippen LogP contribution in [0.15, 0.2) is 28.5 Å². The first-order chi connectivity index (χ1) is 10.4. The highest BCUT2D eigenvalue weighted by atomic mass is 16.3. The molecule has 3 unspecified atom stereocenters. The lowest BCUT2D eigenvalue weighted by Crippen LogP contribution is -2.31. The van der Waals surface area contributed by atoms with Crippen LogP contribution < -0.4 is 0 Å². The molecule has 5 atom stereocenters. The van der Waals surface area contributed by atoms with Gasteiger partial charge in [-0.05, 0) is 85.5 Å². The van der Waals surface area contributed by atoms with Gasteiger partial charge < -0.3 is 10.2 Å². The van der Waals surface area contributed by atoms with E-state index in [0.29, 0.717) is 24.2 Å². The molecule has 22 heavy (non-hydrogen) atoms. The summed E-state index contributed by atoms with van der Waals surface area (Å²) >= 11 is 0. The summed E-state index contributed by atoms with van der Waals surface area (Å²) < 4.78 is 0. The van der Waals surface area contributed by atoms with Gasteiger partial charge in [0.1, 0.15) is 0 Å². The average Bonchev–Trinajstić information content (AvgIpc) is 2.77. The molecular weight excluding hydrogens is 272 g/mol. The summed E-state index contributed by atoms with van der Waals surface area (Å²) in [6.07, 6.45) is 8.71. The zero-order valence-electron chi connectivity index (χ0n) is 14.2. The van der Waals surface area contributed by atoms with Crippen LogP contribution >= 0.6 is 0 Å². The summed E-state index contributed by atoms with van der Waals surface area (Å²) in [4.78, 5) is 0. The van der Waals surface area contributed by atoms with Crippen LogP contribution in [0.3, 0.4) is 0 Å². The SMILES string of the molecule is CC1=C(C=C=C2CCC[C@@]3(C)C2CC[C@@H]3C)CC(O)CC1O. The molecule has 0 amide bonds. The number of hydrogen-bond donors (Lipinski definition) is 2. The van der Waals surface area contributed by atoms with Crippen molar-refractivity contribution in [2.75, 3.05) is 0 Å². The quantitative estimate of drug-likeness (QED) is 0.715. The highest BCUT2D eigenvalue weighted by molar-refractivity contribution is 5.31. The van der Waals surface area contributed by atoms with E-state index in [4.69, 9.17) is 0 Å². The molecule has 3 aliphatic carbocycles. The fraction of sp³-hybridized carbons (Fsp3) is 0.750. The van der Waals surface area contributed by atoms with Gasteiger partial charge in [0.25, 0.3) is 0 Å². The molecule has 2 nitrogen and oxygen atoms in total. The summed E-state index contributed by atoms with van der Waals surface area (Å²) in [5.74, 6) is 1.50. The molecule has 2 heteroatoms. The van der Waals surface area contributed by atoms with E-state index in [0.717, 1.165) is 17.1 Å². The predicted molar refractivity (Wildman–Crippen MR) is 89.4 cm³/mol. The molecule has 2 fully saturated rings. The largest absolute Gasteiger partial charge is 0.393 e. The third-order valence-corrected chi connectivity index (χ3v) is 6.78. The first kappa shape index (κ1) is 16.1. The van der Waals surface area contributed by atoms with Gasteiger partial charge in [-0.1, -0.05) is 13.8 Å². The molecule has 0 aliphatic heterocycles. The summed E-state index contributed by atoms with van der Waals surface area (Å²) in [6.45, 7) is 6.86. The fourth-order valence-corrected chi connectivity index (χ4v) is 4.92. The van der Waals surface area contributed by atoms with Crippen LogP contribution in [0.5, 0.6) is 0 Å². The van der Waals surface area contributed by atoms with Gasteiger partial charge in [-0.15, -0.1) is 5.73 Å². The Hall–Kier alpha value is -0.820. The lowest BCUT2D eigenvalue weighted by Gasteiger charge is -2.40. The lowest BCUT2D eigenvalue weighted by molar-refractivity contribution is 0.0879. The Labute approximate surface area is 134 Å². The van der Waals surface area contributed by atoms with Crippen LogP contribution in [-0.4, -0.2) is 22.4 Å². The zero-order chi connectivity index (χ0) is 15.9. The monoisotopic (exact) mass is 302 g/mol. The van der Waals surface area contributed by atoms with Crippen LogP contribution in [0.1, 0.15) is 65.7 Å². The molecule has 0 aromatic rings. The Bertz CT molecular complexity index is 538. The second-order valence-electron chi connectivity index (χ2n) is 8.02. The molecule has 0 heterocycles. The second kappa shape index (κ2) is 6.00. The fourth-order valence-electron chi connectivity index (χ4n) is 4.92. The Balaban J connectivity index is 1.89. The maximum Gasteiger partial charge on any atom is 0.0778 e. The minimum absolute atomic E-state index is 0.417. The first-order valence-corrected chi connectivity index (χ1v) is 8.93. The third-order valence-electron chi connectivity index (χ3n) is 6.78. The summed E-state index contributed by atoms with van der Waals surface area (Å²) in [6, 6.07) is 0. The van der Waals surface area contributed by atoms with Gasteiger partial charge in [-0.25, -0.2) is 0 Å². The molecule has 0 bridgehead atoms. The minimum Gasteiger partial charge on any atom is -0.393 e. The van der Waals surface area contributed by atoms with Crippen LogP contribution in [-0.2, 0) is 0 Å².